The van der Waals surface area contributed by atoms with Crippen LogP contribution in [0, 0.1) is 12.8 Å². The summed E-state index contributed by atoms with van der Waals surface area (Å²) in [7, 11) is 0. The van der Waals surface area contributed by atoms with Crippen LogP contribution in [0.2, 0.25) is 0 Å². The maximum Gasteiger partial charge on any atom is 0.307 e. The van der Waals surface area contributed by atoms with E-state index >= 15 is 0 Å². The van der Waals surface area contributed by atoms with Gasteiger partial charge in [-0.15, -0.1) is 0 Å². The lowest BCUT2D eigenvalue weighted by molar-refractivity contribution is -0.122. The summed E-state index contributed by atoms with van der Waals surface area (Å²) >= 11 is 1.16. The average molecular weight is 376 g/mol. The van der Waals surface area contributed by atoms with Crippen molar-refractivity contribution in [2.45, 2.75) is 39.8 Å². The Balaban J connectivity index is 1.68. The fraction of sp³-hybridized carbons (Fsp3) is 0.474. The second-order valence-electron chi connectivity index (χ2n) is 6.74. The van der Waals surface area contributed by atoms with Gasteiger partial charge in [-0.1, -0.05) is 31.3 Å². The van der Waals surface area contributed by atoms with Crippen molar-refractivity contribution in [1.82, 2.24) is 9.88 Å². The average Bonchev–Trinajstić information content (AvgIpc) is 2.95. The van der Waals surface area contributed by atoms with Gasteiger partial charge in [0.25, 0.3) is 0 Å². The van der Waals surface area contributed by atoms with Gasteiger partial charge in [0.05, 0.1) is 6.04 Å². The first-order valence-electron chi connectivity index (χ1n) is 8.79. The number of benzene rings is 1. The fourth-order valence-corrected chi connectivity index (χ4v) is 3.78. The van der Waals surface area contributed by atoms with Gasteiger partial charge in [0.1, 0.15) is 13.2 Å². The first-order valence-corrected chi connectivity index (χ1v) is 9.67. The summed E-state index contributed by atoms with van der Waals surface area (Å²) < 4.78 is 12.8. The van der Waals surface area contributed by atoms with Crippen LogP contribution in [0.3, 0.4) is 0 Å². The summed E-state index contributed by atoms with van der Waals surface area (Å²) in [6.45, 7) is 7.49. The lowest BCUT2D eigenvalue weighted by Gasteiger charge is -2.25. The van der Waals surface area contributed by atoms with E-state index in [1.54, 1.807) is 4.57 Å². The first-order chi connectivity index (χ1) is 12.5. The lowest BCUT2D eigenvalue weighted by atomic mass is 9.95. The van der Waals surface area contributed by atoms with E-state index in [2.05, 4.69) is 19.2 Å². The van der Waals surface area contributed by atoms with Crippen LogP contribution >= 0.6 is 11.3 Å². The molecular weight excluding hydrogens is 352 g/mol. The zero-order chi connectivity index (χ0) is 18.7. The van der Waals surface area contributed by atoms with Crippen LogP contribution in [-0.2, 0) is 11.3 Å². The van der Waals surface area contributed by atoms with Crippen molar-refractivity contribution in [3.63, 3.8) is 0 Å². The second-order valence-corrected chi connectivity index (χ2v) is 7.56. The van der Waals surface area contributed by atoms with Gasteiger partial charge in [0.15, 0.2) is 11.5 Å². The van der Waals surface area contributed by atoms with Crippen molar-refractivity contribution in [3.05, 3.63) is 44.5 Å². The molecule has 26 heavy (non-hydrogen) atoms. The molecule has 1 aromatic heterocycles. The number of rotatable bonds is 6. The molecule has 1 aliphatic heterocycles. The molecule has 0 fully saturated rings. The minimum absolute atomic E-state index is 0.0254. The van der Waals surface area contributed by atoms with Gasteiger partial charge < -0.3 is 19.4 Å². The lowest BCUT2D eigenvalue weighted by Crippen LogP contribution is -2.33. The van der Waals surface area contributed by atoms with Crippen molar-refractivity contribution < 1.29 is 14.3 Å². The molecule has 1 amide bonds. The van der Waals surface area contributed by atoms with Crippen LogP contribution in [0.5, 0.6) is 11.5 Å². The fourth-order valence-electron chi connectivity index (χ4n) is 3.02. The maximum absolute atomic E-state index is 12.5. The van der Waals surface area contributed by atoms with E-state index in [0.29, 0.717) is 25.5 Å². The molecule has 3 rings (SSSR count). The monoisotopic (exact) mass is 376 g/mol. The topological polar surface area (TPSA) is 69.6 Å². The predicted molar refractivity (Wildman–Crippen MR) is 101 cm³/mol. The molecule has 0 saturated carbocycles. The molecule has 1 aliphatic rings. The van der Waals surface area contributed by atoms with E-state index in [4.69, 9.17) is 9.47 Å². The summed E-state index contributed by atoms with van der Waals surface area (Å²) in [5.41, 5.74) is 1.88. The smallest absolute Gasteiger partial charge is 0.307 e. The Labute approximate surface area is 156 Å². The molecule has 7 heteroatoms. The zero-order valence-corrected chi connectivity index (χ0v) is 16.1. The third kappa shape index (κ3) is 4.09. The van der Waals surface area contributed by atoms with Crippen LogP contribution in [0.1, 0.15) is 37.6 Å². The number of ether oxygens (including phenoxy) is 2. The molecule has 0 spiro atoms. The standard InChI is InChI=1S/C19H24N2O4S/c1-12(2)18(14-4-5-15-16(10-14)25-9-8-24-15)20-17(22)6-7-21-13(3)11-26-19(21)23/h4-5,10-12,18H,6-9H2,1-3H3,(H,20,22). The van der Waals surface area contributed by atoms with E-state index in [1.807, 2.05) is 30.5 Å². The third-order valence-electron chi connectivity index (χ3n) is 4.45. The normalized spacial score (nSPS) is 14.3. The molecular formula is C19H24N2O4S. The van der Waals surface area contributed by atoms with Crippen molar-refractivity contribution in [2.75, 3.05) is 13.2 Å². The predicted octanol–water partition coefficient (Wildman–Crippen LogP) is 2.89. The summed E-state index contributed by atoms with van der Waals surface area (Å²) in [6.07, 6.45) is 0.269. The first kappa shape index (κ1) is 18.5. The van der Waals surface area contributed by atoms with Crippen LogP contribution in [0.15, 0.2) is 28.4 Å². The largest absolute Gasteiger partial charge is 0.486 e. The summed E-state index contributed by atoms with van der Waals surface area (Å²) in [4.78, 5) is 24.2. The highest BCUT2D eigenvalue weighted by molar-refractivity contribution is 7.07. The van der Waals surface area contributed by atoms with Gasteiger partial charge in [-0.05, 0) is 30.5 Å². The number of hydrogen-bond donors (Lipinski definition) is 1. The maximum atomic E-state index is 12.5. The van der Waals surface area contributed by atoms with Gasteiger partial charge >= 0.3 is 4.87 Å². The molecule has 0 bridgehead atoms. The number of nitrogens with one attached hydrogen (secondary N) is 1. The van der Waals surface area contributed by atoms with Gasteiger partial charge in [-0.2, -0.15) is 0 Å². The number of aryl methyl sites for hydroxylation is 1. The Bertz CT molecular complexity index is 840. The van der Waals surface area contributed by atoms with Gasteiger partial charge in [0, 0.05) is 24.0 Å². The molecule has 0 aliphatic carbocycles. The number of carbonyl (C=O) groups is 1. The number of carbonyl (C=O) groups excluding carboxylic acids is 1. The van der Waals surface area contributed by atoms with Gasteiger partial charge in [0.2, 0.25) is 5.91 Å². The molecule has 2 heterocycles. The van der Waals surface area contributed by atoms with Gasteiger partial charge in [-0.25, -0.2) is 0 Å². The Morgan fingerprint density at radius 1 is 1.27 bits per heavy atom. The van der Waals surface area contributed by atoms with E-state index in [1.165, 1.54) is 0 Å². The summed E-state index contributed by atoms with van der Waals surface area (Å²) in [6, 6.07) is 5.66. The Morgan fingerprint density at radius 2 is 2.00 bits per heavy atom. The second kappa shape index (κ2) is 7.95. The van der Waals surface area contributed by atoms with Crippen LogP contribution in [0.25, 0.3) is 0 Å². The quantitative estimate of drug-likeness (QED) is 0.842. The highest BCUT2D eigenvalue weighted by atomic mass is 32.1. The minimum atomic E-state index is -0.126. The van der Waals surface area contributed by atoms with Gasteiger partial charge in [-0.3, -0.25) is 9.59 Å². The zero-order valence-electron chi connectivity index (χ0n) is 15.3. The molecule has 2 aromatic rings. The summed E-state index contributed by atoms with van der Waals surface area (Å²) in [5.74, 6) is 1.60. The molecule has 0 radical (unpaired) electrons. The molecule has 1 atom stereocenters. The third-order valence-corrected chi connectivity index (χ3v) is 5.33. The number of thiazole rings is 1. The molecule has 6 nitrogen and oxygen atoms in total. The van der Waals surface area contributed by atoms with E-state index in [9.17, 15) is 9.59 Å². The van der Waals surface area contributed by atoms with Crippen molar-refractivity contribution >= 4 is 17.2 Å². The minimum Gasteiger partial charge on any atom is -0.486 e. The Morgan fingerprint density at radius 3 is 2.65 bits per heavy atom. The highest BCUT2D eigenvalue weighted by Gasteiger charge is 2.21. The Hall–Kier alpha value is -2.28. The van der Waals surface area contributed by atoms with E-state index in [-0.39, 0.29) is 29.2 Å². The number of nitrogens with zero attached hydrogens (tertiary/aromatic N) is 1. The number of amides is 1. The van der Waals surface area contributed by atoms with Crippen LogP contribution < -0.4 is 19.7 Å². The van der Waals surface area contributed by atoms with E-state index in [0.717, 1.165) is 28.3 Å². The van der Waals surface area contributed by atoms with E-state index < -0.39 is 0 Å². The molecule has 1 unspecified atom stereocenters. The van der Waals surface area contributed by atoms with Crippen molar-refractivity contribution in [3.8, 4) is 11.5 Å². The SMILES string of the molecule is Cc1csc(=O)n1CCC(=O)NC(c1ccc2c(c1)OCCO2)C(C)C. The van der Waals surface area contributed by atoms with Crippen LogP contribution in [0.4, 0.5) is 0 Å². The van der Waals surface area contributed by atoms with Crippen LogP contribution in [-0.4, -0.2) is 23.7 Å². The number of aromatic nitrogens is 1. The highest BCUT2D eigenvalue weighted by Crippen LogP contribution is 2.34. The Kier molecular flexibility index (Phi) is 5.66. The van der Waals surface area contributed by atoms with Crippen molar-refractivity contribution in [2.24, 2.45) is 5.92 Å². The molecule has 1 aromatic carbocycles. The molecule has 140 valence electrons. The summed E-state index contributed by atoms with van der Waals surface area (Å²) in [5, 5.41) is 4.91. The number of fused-ring (bicyclic) bond motifs is 1. The van der Waals surface area contributed by atoms with Crippen molar-refractivity contribution in [1.29, 1.82) is 0 Å². The molecule has 1 N–H and O–H groups in total. The molecule has 0 saturated heterocycles. The number of hydrogen-bond acceptors (Lipinski definition) is 5.